The molecule has 0 saturated carbocycles. The zero-order chi connectivity index (χ0) is 24.1. The zero-order valence-corrected chi connectivity index (χ0v) is 18.9. The van der Waals surface area contributed by atoms with Crippen LogP contribution in [-0.4, -0.2) is 17.6 Å². The van der Waals surface area contributed by atoms with Crippen molar-refractivity contribution in [2.24, 2.45) is 0 Å². The number of ketones is 1. The molecule has 0 unspecified atom stereocenters. The number of benzene rings is 3. The van der Waals surface area contributed by atoms with Gasteiger partial charge in [0.05, 0.1) is 11.8 Å². The van der Waals surface area contributed by atoms with Crippen LogP contribution in [-0.2, 0) is 6.54 Å². The quantitative estimate of drug-likeness (QED) is 0.372. The average Bonchev–Trinajstić information content (AvgIpc) is 3.40. The lowest BCUT2D eigenvalue weighted by Gasteiger charge is -2.11. The first-order chi connectivity index (χ1) is 16.4. The number of carbonyl (C=O) groups is 3. The van der Waals surface area contributed by atoms with E-state index >= 15 is 0 Å². The van der Waals surface area contributed by atoms with Crippen molar-refractivity contribution in [1.29, 1.82) is 0 Å². The molecule has 0 bridgehead atoms. The van der Waals surface area contributed by atoms with Crippen LogP contribution < -0.4 is 10.6 Å². The van der Waals surface area contributed by atoms with Crippen LogP contribution in [0.25, 0.3) is 0 Å². The number of nitrogens with one attached hydrogen (secondary N) is 2. The summed E-state index contributed by atoms with van der Waals surface area (Å²) >= 11 is 0. The molecule has 0 radical (unpaired) electrons. The molecule has 2 N–H and O–H groups in total. The van der Waals surface area contributed by atoms with Crippen molar-refractivity contribution in [2.75, 3.05) is 5.32 Å². The number of hydrogen-bond acceptors (Lipinski definition) is 4. The van der Waals surface area contributed by atoms with Gasteiger partial charge in [0.25, 0.3) is 11.8 Å². The summed E-state index contributed by atoms with van der Waals surface area (Å²) in [5.41, 5.74) is 4.83. The molecule has 0 spiro atoms. The Morgan fingerprint density at radius 2 is 1.50 bits per heavy atom. The van der Waals surface area contributed by atoms with Gasteiger partial charge >= 0.3 is 0 Å². The van der Waals surface area contributed by atoms with E-state index in [0.717, 1.165) is 16.7 Å². The molecule has 4 rings (SSSR count). The molecule has 4 aromatic rings. The molecule has 0 saturated heterocycles. The number of aryl methyl sites for hydroxylation is 2. The number of furan rings is 1. The zero-order valence-electron chi connectivity index (χ0n) is 18.9. The Hall–Kier alpha value is -4.45. The first-order valence-electron chi connectivity index (χ1n) is 10.9. The van der Waals surface area contributed by atoms with E-state index in [4.69, 9.17) is 4.42 Å². The molecule has 34 heavy (non-hydrogen) atoms. The third-order valence-electron chi connectivity index (χ3n) is 5.60. The minimum absolute atomic E-state index is 0.189. The molecule has 0 aliphatic heterocycles. The van der Waals surface area contributed by atoms with Crippen LogP contribution in [0.5, 0.6) is 0 Å². The number of hydrogen-bond donors (Lipinski definition) is 2. The van der Waals surface area contributed by atoms with Gasteiger partial charge < -0.3 is 15.1 Å². The van der Waals surface area contributed by atoms with Crippen molar-refractivity contribution < 1.29 is 18.8 Å². The van der Waals surface area contributed by atoms with Gasteiger partial charge in [-0.05, 0) is 66.9 Å². The van der Waals surface area contributed by atoms with Crippen LogP contribution >= 0.6 is 0 Å². The van der Waals surface area contributed by atoms with E-state index in [1.165, 1.54) is 6.26 Å². The highest BCUT2D eigenvalue weighted by Gasteiger charge is 2.18. The molecule has 1 aromatic heterocycles. The van der Waals surface area contributed by atoms with Crippen molar-refractivity contribution >= 4 is 23.3 Å². The van der Waals surface area contributed by atoms with Gasteiger partial charge in [0, 0.05) is 23.4 Å². The number of rotatable bonds is 7. The van der Waals surface area contributed by atoms with Gasteiger partial charge in [-0.15, -0.1) is 0 Å². The van der Waals surface area contributed by atoms with Gasteiger partial charge in [0.15, 0.2) is 11.5 Å². The van der Waals surface area contributed by atoms with Crippen molar-refractivity contribution in [1.82, 2.24) is 5.32 Å². The molecule has 0 aliphatic rings. The van der Waals surface area contributed by atoms with Crippen LogP contribution in [0.3, 0.4) is 0 Å². The minimum atomic E-state index is -0.337. The standard InChI is InChI=1S/C28H24N2O4/c1-18-9-12-21(16-19(18)2)26(31)23-6-3-4-7-24(23)27(32)29-17-20-10-13-22(14-11-20)30-28(33)25-8-5-15-34-25/h3-16H,17H2,1-2H3,(H,29,32)(H,30,33). The number of amides is 2. The van der Waals surface area contributed by atoms with Crippen LogP contribution in [0.4, 0.5) is 5.69 Å². The molecule has 2 amide bonds. The van der Waals surface area contributed by atoms with Crippen LogP contribution in [0, 0.1) is 13.8 Å². The molecule has 6 nitrogen and oxygen atoms in total. The molecule has 3 aromatic carbocycles. The SMILES string of the molecule is Cc1ccc(C(=O)c2ccccc2C(=O)NCc2ccc(NC(=O)c3ccco3)cc2)cc1C. The Morgan fingerprint density at radius 1 is 0.765 bits per heavy atom. The molecule has 0 fully saturated rings. The van der Waals surface area contributed by atoms with Gasteiger partial charge in [-0.2, -0.15) is 0 Å². The molecule has 170 valence electrons. The molecular weight excluding hydrogens is 428 g/mol. The van der Waals surface area contributed by atoms with Crippen molar-refractivity contribution in [2.45, 2.75) is 20.4 Å². The van der Waals surface area contributed by atoms with Gasteiger partial charge in [-0.1, -0.05) is 42.5 Å². The van der Waals surface area contributed by atoms with E-state index < -0.39 is 0 Å². The molecular formula is C28H24N2O4. The van der Waals surface area contributed by atoms with Gasteiger partial charge in [-0.25, -0.2) is 0 Å². The fourth-order valence-electron chi connectivity index (χ4n) is 3.50. The van der Waals surface area contributed by atoms with Gasteiger partial charge in [0.2, 0.25) is 0 Å². The largest absolute Gasteiger partial charge is 0.459 e. The van der Waals surface area contributed by atoms with E-state index in [1.54, 1.807) is 54.6 Å². The fourth-order valence-corrected chi connectivity index (χ4v) is 3.50. The Balaban J connectivity index is 1.42. The summed E-state index contributed by atoms with van der Waals surface area (Å²) in [5, 5.41) is 5.62. The second-order valence-corrected chi connectivity index (χ2v) is 7.98. The van der Waals surface area contributed by atoms with Crippen molar-refractivity contribution in [3.63, 3.8) is 0 Å². The van der Waals surface area contributed by atoms with Crippen molar-refractivity contribution in [3.8, 4) is 0 Å². The summed E-state index contributed by atoms with van der Waals surface area (Å²) in [6, 6.07) is 22.7. The summed E-state index contributed by atoms with van der Waals surface area (Å²) < 4.78 is 5.08. The Kier molecular flexibility index (Phi) is 6.69. The highest BCUT2D eigenvalue weighted by atomic mass is 16.3. The van der Waals surface area contributed by atoms with E-state index in [0.29, 0.717) is 22.4 Å². The normalized spacial score (nSPS) is 10.5. The lowest BCUT2D eigenvalue weighted by molar-refractivity contribution is 0.0939. The summed E-state index contributed by atoms with van der Waals surface area (Å²) in [6.45, 7) is 4.22. The van der Waals surface area contributed by atoms with Crippen LogP contribution in [0.2, 0.25) is 0 Å². The second-order valence-electron chi connectivity index (χ2n) is 7.98. The first-order valence-corrected chi connectivity index (χ1v) is 10.9. The highest BCUT2D eigenvalue weighted by Crippen LogP contribution is 2.18. The smallest absolute Gasteiger partial charge is 0.291 e. The molecule has 0 atom stereocenters. The fraction of sp³-hybridized carbons (Fsp3) is 0.107. The summed E-state index contributed by atoms with van der Waals surface area (Å²) in [7, 11) is 0. The summed E-state index contributed by atoms with van der Waals surface area (Å²) in [4.78, 5) is 38.1. The monoisotopic (exact) mass is 452 g/mol. The van der Waals surface area contributed by atoms with E-state index in [1.807, 2.05) is 38.1 Å². The lowest BCUT2D eigenvalue weighted by atomic mass is 9.95. The number of anilines is 1. The minimum Gasteiger partial charge on any atom is -0.459 e. The number of carbonyl (C=O) groups excluding carboxylic acids is 3. The first kappa shape index (κ1) is 22.7. The Morgan fingerprint density at radius 3 is 2.18 bits per heavy atom. The molecule has 0 aliphatic carbocycles. The van der Waals surface area contributed by atoms with Crippen molar-refractivity contribution in [3.05, 3.63) is 124 Å². The maximum atomic E-state index is 13.1. The maximum absolute atomic E-state index is 13.1. The molecule has 1 heterocycles. The summed E-state index contributed by atoms with van der Waals surface area (Å²) in [5.74, 6) is -0.630. The average molecular weight is 453 g/mol. The lowest BCUT2D eigenvalue weighted by Crippen LogP contribution is -2.25. The predicted molar refractivity (Wildman–Crippen MR) is 130 cm³/mol. The highest BCUT2D eigenvalue weighted by molar-refractivity contribution is 6.15. The van der Waals surface area contributed by atoms with E-state index in [2.05, 4.69) is 10.6 Å². The van der Waals surface area contributed by atoms with Crippen LogP contribution in [0.1, 0.15) is 53.5 Å². The van der Waals surface area contributed by atoms with Gasteiger partial charge in [-0.3, -0.25) is 14.4 Å². The Labute approximate surface area is 197 Å². The maximum Gasteiger partial charge on any atom is 0.291 e. The van der Waals surface area contributed by atoms with E-state index in [9.17, 15) is 14.4 Å². The Bertz CT molecular complexity index is 1340. The summed E-state index contributed by atoms with van der Waals surface area (Å²) in [6.07, 6.45) is 1.44. The topological polar surface area (TPSA) is 88.4 Å². The molecule has 6 heteroatoms. The third kappa shape index (κ3) is 5.13. The van der Waals surface area contributed by atoms with Crippen LogP contribution in [0.15, 0.2) is 89.5 Å². The second kappa shape index (κ2) is 10.0. The third-order valence-corrected chi connectivity index (χ3v) is 5.60. The predicted octanol–water partition coefficient (Wildman–Crippen LogP) is 5.31. The van der Waals surface area contributed by atoms with Gasteiger partial charge in [0.1, 0.15) is 0 Å². The van der Waals surface area contributed by atoms with E-state index in [-0.39, 0.29) is 29.9 Å².